The topological polar surface area (TPSA) is 42.2 Å². The second kappa shape index (κ2) is 6.46. The Kier molecular flexibility index (Phi) is 4.91. The molecular weight excluding hydrogens is 256 g/mol. The number of thioether (sulfide) groups is 1. The lowest BCUT2D eigenvalue weighted by Crippen LogP contribution is -2.35. The maximum absolute atomic E-state index is 4.70. The summed E-state index contributed by atoms with van der Waals surface area (Å²) in [4.78, 5) is 4.70. The number of amidine groups is 1. The number of nitrogens with zero attached hydrogens (tertiary/aromatic N) is 3. The van der Waals surface area contributed by atoms with Gasteiger partial charge in [-0.2, -0.15) is 5.10 Å². The molecule has 0 unspecified atom stereocenters. The lowest BCUT2D eigenvalue weighted by molar-refractivity contribution is 0.318. The van der Waals surface area contributed by atoms with E-state index in [0.29, 0.717) is 5.41 Å². The maximum atomic E-state index is 4.70. The van der Waals surface area contributed by atoms with Crippen LogP contribution in [-0.4, -0.2) is 33.8 Å². The summed E-state index contributed by atoms with van der Waals surface area (Å²) in [6.07, 6.45) is 5.38. The van der Waals surface area contributed by atoms with Gasteiger partial charge in [0.15, 0.2) is 5.17 Å². The molecule has 0 amide bonds. The Morgan fingerprint density at radius 2 is 2.21 bits per heavy atom. The summed E-state index contributed by atoms with van der Waals surface area (Å²) in [6, 6.07) is 2.07. The molecule has 0 saturated heterocycles. The molecule has 0 saturated carbocycles. The van der Waals surface area contributed by atoms with E-state index in [9.17, 15) is 0 Å². The second-order valence-electron chi connectivity index (χ2n) is 5.27. The monoisotopic (exact) mass is 280 g/mol. The first-order chi connectivity index (χ1) is 9.17. The highest BCUT2D eigenvalue weighted by Crippen LogP contribution is 2.34. The van der Waals surface area contributed by atoms with Gasteiger partial charge >= 0.3 is 0 Å². The molecule has 0 bridgehead atoms. The molecule has 0 atom stereocenters. The van der Waals surface area contributed by atoms with Crippen molar-refractivity contribution in [2.45, 2.75) is 33.1 Å². The molecule has 19 heavy (non-hydrogen) atoms. The summed E-state index contributed by atoms with van der Waals surface area (Å²) in [5.41, 5.74) is 1.56. The number of rotatable bonds is 5. The van der Waals surface area contributed by atoms with Crippen molar-refractivity contribution in [2.24, 2.45) is 17.5 Å². The summed E-state index contributed by atoms with van der Waals surface area (Å²) < 4.78 is 1.85. The minimum atomic E-state index is 0.427. The van der Waals surface area contributed by atoms with Crippen LogP contribution in [0.4, 0.5) is 0 Å². The number of hydrogen-bond acceptors (Lipinski definition) is 4. The van der Waals surface area contributed by atoms with E-state index in [-0.39, 0.29) is 0 Å². The molecule has 1 aliphatic rings. The van der Waals surface area contributed by atoms with Gasteiger partial charge in [-0.05, 0) is 24.3 Å². The van der Waals surface area contributed by atoms with Crippen LogP contribution in [0.2, 0.25) is 0 Å². The third-order valence-corrected chi connectivity index (χ3v) is 5.30. The summed E-state index contributed by atoms with van der Waals surface area (Å²) in [7, 11) is 1.95. The molecule has 106 valence electrons. The van der Waals surface area contributed by atoms with Crippen molar-refractivity contribution in [1.29, 1.82) is 0 Å². The molecule has 1 aromatic rings. The van der Waals surface area contributed by atoms with Crippen LogP contribution in [0.3, 0.4) is 0 Å². The summed E-state index contributed by atoms with van der Waals surface area (Å²) in [6.45, 7) is 6.44. The summed E-state index contributed by atoms with van der Waals surface area (Å²) in [5.74, 6) is 1.19. The van der Waals surface area contributed by atoms with Gasteiger partial charge in [-0.15, -0.1) is 0 Å². The number of hydrogen-bond donors (Lipinski definition) is 1. The smallest absolute Gasteiger partial charge is 0.156 e. The molecule has 1 aliphatic heterocycles. The molecular formula is C14H24N4S. The second-order valence-corrected chi connectivity index (χ2v) is 6.24. The van der Waals surface area contributed by atoms with Gasteiger partial charge in [0.05, 0.1) is 5.69 Å². The lowest BCUT2D eigenvalue weighted by atomic mass is 9.84. The highest BCUT2D eigenvalue weighted by atomic mass is 32.2. The fraction of sp³-hybridized carbons (Fsp3) is 0.714. The van der Waals surface area contributed by atoms with Crippen molar-refractivity contribution >= 4 is 16.9 Å². The number of aryl methyl sites for hydroxylation is 1. The van der Waals surface area contributed by atoms with E-state index in [1.807, 2.05) is 29.7 Å². The first kappa shape index (κ1) is 14.4. The van der Waals surface area contributed by atoms with E-state index in [1.54, 1.807) is 0 Å². The quantitative estimate of drug-likeness (QED) is 0.901. The van der Waals surface area contributed by atoms with Crippen LogP contribution in [0.1, 0.15) is 32.4 Å². The first-order valence-electron chi connectivity index (χ1n) is 7.07. The van der Waals surface area contributed by atoms with Gasteiger partial charge in [0.1, 0.15) is 0 Å². The predicted octanol–water partition coefficient (Wildman–Crippen LogP) is 2.46. The van der Waals surface area contributed by atoms with Crippen LogP contribution in [0.5, 0.6) is 0 Å². The Hall–Kier alpha value is -0.970. The van der Waals surface area contributed by atoms with Crippen molar-refractivity contribution < 1.29 is 0 Å². The molecule has 2 rings (SSSR count). The van der Waals surface area contributed by atoms with Crippen LogP contribution in [-0.2, 0) is 13.5 Å². The Balaban J connectivity index is 1.77. The largest absolute Gasteiger partial charge is 0.365 e. The molecule has 0 aliphatic carbocycles. The van der Waals surface area contributed by atoms with E-state index in [2.05, 4.69) is 30.3 Å². The summed E-state index contributed by atoms with van der Waals surface area (Å²) in [5, 5.41) is 8.91. The first-order valence-corrected chi connectivity index (χ1v) is 8.05. The van der Waals surface area contributed by atoms with E-state index in [4.69, 9.17) is 4.99 Å². The molecule has 1 aromatic heterocycles. The van der Waals surface area contributed by atoms with Crippen molar-refractivity contribution in [3.05, 3.63) is 18.0 Å². The third-order valence-electron chi connectivity index (χ3n) is 4.00. The minimum Gasteiger partial charge on any atom is -0.365 e. The highest BCUT2D eigenvalue weighted by molar-refractivity contribution is 8.13. The number of aromatic nitrogens is 2. The van der Waals surface area contributed by atoms with Gasteiger partial charge in [-0.25, -0.2) is 0 Å². The zero-order valence-electron chi connectivity index (χ0n) is 12.1. The van der Waals surface area contributed by atoms with Crippen molar-refractivity contribution in [3.8, 4) is 0 Å². The van der Waals surface area contributed by atoms with Gasteiger partial charge in [0.25, 0.3) is 0 Å². The third kappa shape index (κ3) is 3.75. The van der Waals surface area contributed by atoms with Gasteiger partial charge in [-0.1, -0.05) is 25.6 Å². The van der Waals surface area contributed by atoms with Gasteiger partial charge < -0.3 is 5.32 Å². The van der Waals surface area contributed by atoms with Crippen LogP contribution >= 0.6 is 11.8 Å². The van der Waals surface area contributed by atoms with Crippen LogP contribution in [0.25, 0.3) is 0 Å². The van der Waals surface area contributed by atoms with Crippen molar-refractivity contribution in [1.82, 2.24) is 15.1 Å². The van der Waals surface area contributed by atoms with Gasteiger partial charge in [-0.3, -0.25) is 9.67 Å². The van der Waals surface area contributed by atoms with Crippen molar-refractivity contribution in [2.75, 3.05) is 18.8 Å². The fourth-order valence-electron chi connectivity index (χ4n) is 2.23. The van der Waals surface area contributed by atoms with E-state index in [0.717, 1.165) is 30.4 Å². The minimum absolute atomic E-state index is 0.427. The molecule has 0 radical (unpaired) electrons. The normalized spacial score (nSPS) is 18.2. The Labute approximate surface area is 120 Å². The standard InChI is InChI=1S/C14H24N4S/c1-4-14(5-2)10-16-13(19-11-14)15-8-6-12-7-9-18(3)17-12/h7,9H,4-6,8,10-11H2,1-3H3,(H,15,16). The zero-order valence-corrected chi connectivity index (χ0v) is 13.0. The van der Waals surface area contributed by atoms with E-state index >= 15 is 0 Å². The Morgan fingerprint density at radius 3 is 2.74 bits per heavy atom. The van der Waals surface area contributed by atoms with Gasteiger partial charge in [0, 0.05) is 38.5 Å². The van der Waals surface area contributed by atoms with Gasteiger partial charge in [0.2, 0.25) is 0 Å². The van der Waals surface area contributed by atoms with Crippen molar-refractivity contribution in [3.63, 3.8) is 0 Å². The average Bonchev–Trinajstić information content (AvgIpc) is 2.86. The molecule has 5 heteroatoms. The van der Waals surface area contributed by atoms with Crippen LogP contribution in [0.15, 0.2) is 17.3 Å². The Morgan fingerprint density at radius 1 is 1.42 bits per heavy atom. The average molecular weight is 280 g/mol. The maximum Gasteiger partial charge on any atom is 0.156 e. The molecule has 0 spiro atoms. The lowest BCUT2D eigenvalue weighted by Gasteiger charge is -2.33. The van der Waals surface area contributed by atoms with E-state index < -0.39 is 0 Å². The number of nitrogens with one attached hydrogen (secondary N) is 1. The highest BCUT2D eigenvalue weighted by Gasteiger charge is 2.29. The zero-order chi connectivity index (χ0) is 13.7. The van der Waals surface area contributed by atoms with Crippen LogP contribution in [0, 0.1) is 5.41 Å². The predicted molar refractivity (Wildman–Crippen MR) is 82.7 cm³/mol. The molecule has 4 nitrogen and oxygen atoms in total. The molecule has 1 N–H and O–H groups in total. The summed E-state index contributed by atoms with van der Waals surface area (Å²) >= 11 is 1.87. The number of aliphatic imine (C=N–C) groups is 1. The molecule has 0 aromatic carbocycles. The Bertz CT molecular complexity index is 434. The molecule has 0 fully saturated rings. The van der Waals surface area contributed by atoms with E-state index in [1.165, 1.54) is 18.6 Å². The SMILES string of the molecule is CCC1(CC)CN=C(NCCc2ccn(C)n2)SC1. The molecule has 2 heterocycles. The van der Waals surface area contributed by atoms with Crippen LogP contribution < -0.4 is 5.32 Å². The fourth-order valence-corrected chi connectivity index (χ4v) is 3.53.